The molecular formula is C22H21F2NOS. The van der Waals surface area contributed by atoms with E-state index >= 15 is 0 Å². The van der Waals surface area contributed by atoms with E-state index in [1.165, 1.54) is 5.56 Å². The molecule has 1 aromatic heterocycles. The topological polar surface area (TPSA) is 21.3 Å². The standard InChI is InChI=1S/C22H21F2NOS/c1-14-17-10-11-25-19(17)8-9-20(14)26-13-16-12-18(15-6-4-3-5-7-15)21(27-16)22(2,23)24/h3-9,12,25H,10-11,13H2,1-2H3. The van der Waals surface area contributed by atoms with Crippen LogP contribution in [0, 0.1) is 6.92 Å². The minimum Gasteiger partial charge on any atom is -0.488 e. The average molecular weight is 385 g/mol. The van der Waals surface area contributed by atoms with Crippen molar-refractivity contribution in [2.45, 2.75) is 32.8 Å². The maximum atomic E-state index is 14.2. The van der Waals surface area contributed by atoms with E-state index in [4.69, 9.17) is 4.74 Å². The van der Waals surface area contributed by atoms with Gasteiger partial charge in [0.05, 0.1) is 4.88 Å². The lowest BCUT2D eigenvalue weighted by Gasteiger charge is -2.12. The molecule has 5 heteroatoms. The summed E-state index contributed by atoms with van der Waals surface area (Å²) in [5, 5.41) is 3.35. The Morgan fingerprint density at radius 1 is 1.15 bits per heavy atom. The lowest BCUT2D eigenvalue weighted by atomic mass is 10.0. The predicted molar refractivity (Wildman–Crippen MR) is 107 cm³/mol. The first-order valence-electron chi connectivity index (χ1n) is 8.99. The molecule has 2 aromatic carbocycles. The minimum atomic E-state index is -2.89. The Balaban J connectivity index is 1.61. The zero-order valence-corrected chi connectivity index (χ0v) is 16.1. The average Bonchev–Trinajstić information content (AvgIpc) is 3.29. The summed E-state index contributed by atoms with van der Waals surface area (Å²) in [4.78, 5) is 0.880. The molecule has 0 saturated heterocycles. The van der Waals surface area contributed by atoms with Crippen molar-refractivity contribution in [1.29, 1.82) is 0 Å². The van der Waals surface area contributed by atoms with Crippen molar-refractivity contribution in [3.05, 3.63) is 69.4 Å². The summed E-state index contributed by atoms with van der Waals surface area (Å²) in [6, 6.07) is 15.1. The fourth-order valence-electron chi connectivity index (χ4n) is 3.52. The second kappa shape index (κ2) is 6.97. The van der Waals surface area contributed by atoms with E-state index in [9.17, 15) is 8.78 Å². The molecule has 4 rings (SSSR count). The summed E-state index contributed by atoms with van der Waals surface area (Å²) in [6.45, 7) is 4.23. The number of hydrogen-bond acceptors (Lipinski definition) is 3. The maximum absolute atomic E-state index is 14.2. The Labute approximate surface area is 161 Å². The van der Waals surface area contributed by atoms with Crippen LogP contribution in [0.1, 0.15) is 27.8 Å². The molecule has 0 radical (unpaired) electrons. The van der Waals surface area contributed by atoms with Crippen LogP contribution in [0.3, 0.4) is 0 Å². The second-order valence-electron chi connectivity index (χ2n) is 6.89. The number of anilines is 1. The van der Waals surface area contributed by atoms with E-state index in [2.05, 4.69) is 12.2 Å². The van der Waals surface area contributed by atoms with Crippen LogP contribution in [0.5, 0.6) is 5.75 Å². The number of rotatable bonds is 5. The van der Waals surface area contributed by atoms with Gasteiger partial charge in [0.2, 0.25) is 0 Å². The SMILES string of the molecule is Cc1c(OCc2cc(-c3ccccc3)c(C(C)(F)F)s2)ccc2c1CCN2. The van der Waals surface area contributed by atoms with Gasteiger partial charge in [-0.2, -0.15) is 0 Å². The summed E-state index contributed by atoms with van der Waals surface area (Å²) < 4.78 is 34.3. The summed E-state index contributed by atoms with van der Waals surface area (Å²) >= 11 is 1.12. The number of thiophene rings is 1. The van der Waals surface area contributed by atoms with E-state index in [0.29, 0.717) is 5.56 Å². The Hall–Kier alpha value is -2.40. The molecule has 2 nitrogen and oxygen atoms in total. The van der Waals surface area contributed by atoms with Gasteiger partial charge in [-0.15, -0.1) is 11.3 Å². The van der Waals surface area contributed by atoms with Crippen molar-refractivity contribution < 1.29 is 13.5 Å². The fourth-order valence-corrected chi connectivity index (χ4v) is 4.54. The third-order valence-electron chi connectivity index (χ3n) is 4.88. The molecule has 0 unspecified atom stereocenters. The lowest BCUT2D eigenvalue weighted by Crippen LogP contribution is -2.05. The monoisotopic (exact) mass is 385 g/mol. The molecule has 0 bridgehead atoms. The van der Waals surface area contributed by atoms with E-state index in [1.807, 2.05) is 48.5 Å². The highest BCUT2D eigenvalue weighted by molar-refractivity contribution is 7.12. The largest absolute Gasteiger partial charge is 0.488 e. The van der Waals surface area contributed by atoms with Gasteiger partial charge >= 0.3 is 0 Å². The molecule has 27 heavy (non-hydrogen) atoms. The van der Waals surface area contributed by atoms with Crippen molar-refractivity contribution in [1.82, 2.24) is 0 Å². The van der Waals surface area contributed by atoms with Crippen LogP contribution in [-0.2, 0) is 19.0 Å². The van der Waals surface area contributed by atoms with Gasteiger partial charge in [0.15, 0.2) is 0 Å². The summed E-state index contributed by atoms with van der Waals surface area (Å²) in [7, 11) is 0. The van der Waals surface area contributed by atoms with Crippen molar-refractivity contribution in [2.24, 2.45) is 0 Å². The summed E-state index contributed by atoms with van der Waals surface area (Å²) in [6.07, 6.45) is 0.988. The zero-order valence-electron chi connectivity index (χ0n) is 15.3. The van der Waals surface area contributed by atoms with Gasteiger partial charge in [-0.05, 0) is 48.2 Å². The highest BCUT2D eigenvalue weighted by atomic mass is 32.1. The van der Waals surface area contributed by atoms with Crippen LogP contribution in [-0.4, -0.2) is 6.54 Å². The number of ether oxygens (including phenoxy) is 1. The zero-order chi connectivity index (χ0) is 19.0. The van der Waals surface area contributed by atoms with Crippen LogP contribution in [0.25, 0.3) is 11.1 Å². The molecule has 140 valence electrons. The van der Waals surface area contributed by atoms with Crippen molar-refractivity contribution >= 4 is 17.0 Å². The molecule has 0 aliphatic carbocycles. The van der Waals surface area contributed by atoms with Gasteiger partial charge in [-0.25, -0.2) is 8.78 Å². The van der Waals surface area contributed by atoms with E-state index in [0.717, 1.165) is 58.7 Å². The predicted octanol–water partition coefficient (Wildman–Crippen LogP) is 6.38. The maximum Gasteiger partial charge on any atom is 0.280 e. The minimum absolute atomic E-state index is 0.0853. The van der Waals surface area contributed by atoms with Crippen molar-refractivity contribution in [3.63, 3.8) is 0 Å². The molecule has 1 aliphatic rings. The Morgan fingerprint density at radius 3 is 2.67 bits per heavy atom. The first-order valence-corrected chi connectivity index (χ1v) is 9.80. The lowest BCUT2D eigenvalue weighted by molar-refractivity contribution is 0.0221. The first kappa shape index (κ1) is 18.0. The molecule has 0 amide bonds. The van der Waals surface area contributed by atoms with Crippen LogP contribution in [0.4, 0.5) is 14.5 Å². The van der Waals surface area contributed by atoms with Gasteiger partial charge in [-0.3, -0.25) is 0 Å². The molecule has 3 aromatic rings. The fraction of sp³-hybridized carbons (Fsp3) is 0.273. The highest BCUT2D eigenvalue weighted by Gasteiger charge is 2.31. The van der Waals surface area contributed by atoms with E-state index in [-0.39, 0.29) is 11.5 Å². The smallest absolute Gasteiger partial charge is 0.280 e. The van der Waals surface area contributed by atoms with Gasteiger partial charge in [0.25, 0.3) is 5.92 Å². The van der Waals surface area contributed by atoms with Gasteiger partial charge in [-0.1, -0.05) is 30.3 Å². The molecule has 0 atom stereocenters. The van der Waals surface area contributed by atoms with Gasteiger partial charge in [0.1, 0.15) is 12.4 Å². The van der Waals surface area contributed by atoms with E-state index in [1.54, 1.807) is 0 Å². The molecule has 2 heterocycles. The number of nitrogens with one attached hydrogen (secondary N) is 1. The molecule has 0 fully saturated rings. The Kier molecular flexibility index (Phi) is 4.64. The van der Waals surface area contributed by atoms with Crippen LogP contribution in [0.2, 0.25) is 0 Å². The molecule has 0 spiro atoms. The van der Waals surface area contributed by atoms with Crippen molar-refractivity contribution in [2.75, 3.05) is 11.9 Å². The first-order chi connectivity index (χ1) is 12.9. The van der Waals surface area contributed by atoms with Gasteiger partial charge < -0.3 is 10.1 Å². The number of halogens is 2. The summed E-state index contributed by atoms with van der Waals surface area (Å²) in [5.74, 6) is -2.07. The molecular weight excluding hydrogens is 364 g/mol. The van der Waals surface area contributed by atoms with Gasteiger partial charge in [0, 0.05) is 29.6 Å². The van der Waals surface area contributed by atoms with Crippen LogP contribution in [0.15, 0.2) is 48.5 Å². The quantitative estimate of drug-likeness (QED) is 0.550. The summed E-state index contributed by atoms with van der Waals surface area (Å²) in [5.41, 5.74) is 4.95. The third kappa shape index (κ3) is 3.56. The number of alkyl halides is 2. The van der Waals surface area contributed by atoms with Crippen molar-refractivity contribution in [3.8, 4) is 16.9 Å². The molecule has 0 saturated carbocycles. The number of fused-ring (bicyclic) bond motifs is 1. The number of benzene rings is 2. The molecule has 1 N–H and O–H groups in total. The third-order valence-corrected chi connectivity index (χ3v) is 6.16. The Morgan fingerprint density at radius 2 is 1.93 bits per heavy atom. The molecule has 1 aliphatic heterocycles. The van der Waals surface area contributed by atoms with E-state index < -0.39 is 5.92 Å². The Bertz CT molecular complexity index is 960. The highest BCUT2D eigenvalue weighted by Crippen LogP contribution is 2.42. The van der Waals surface area contributed by atoms with Crippen LogP contribution >= 0.6 is 11.3 Å². The normalized spacial score (nSPS) is 13.3. The second-order valence-corrected chi connectivity index (χ2v) is 8.03. The van der Waals surface area contributed by atoms with Crippen LogP contribution < -0.4 is 10.1 Å². The number of hydrogen-bond donors (Lipinski definition) is 1.